The number of hydrogen-bond acceptors (Lipinski definition) is 3. The first-order valence-electron chi connectivity index (χ1n) is 8.11. The van der Waals surface area contributed by atoms with Gasteiger partial charge in [0.05, 0.1) is 0 Å². The maximum Gasteiger partial charge on any atom is 1.00 e. The van der Waals surface area contributed by atoms with Gasteiger partial charge in [-0.05, 0) is 13.3 Å². The van der Waals surface area contributed by atoms with Crippen molar-refractivity contribution in [2.24, 2.45) is 0 Å². The van der Waals surface area contributed by atoms with Gasteiger partial charge in [-0.3, -0.25) is 9.35 Å². The molecule has 1 unspecified atom stereocenters. The molecule has 1 atom stereocenters. The van der Waals surface area contributed by atoms with Crippen LogP contribution in [0.1, 0.15) is 79.5 Å². The van der Waals surface area contributed by atoms with Crippen LogP contribution in [0, 0.1) is 0 Å². The van der Waals surface area contributed by atoms with Gasteiger partial charge in [-0.2, -0.15) is 8.42 Å². The second kappa shape index (κ2) is 14.9. The monoisotopic (exact) mass is 345 g/mol. The third kappa shape index (κ3) is 15.3. The molecule has 0 saturated heterocycles. The SMILES string of the molecule is CCCCCCCCCCCC(=O)NCC(C)S(=O)(=O)O.[H-].[Na+]. The van der Waals surface area contributed by atoms with E-state index in [2.05, 4.69) is 12.2 Å². The van der Waals surface area contributed by atoms with Crippen molar-refractivity contribution in [3.63, 3.8) is 0 Å². The van der Waals surface area contributed by atoms with E-state index in [1.807, 2.05) is 0 Å². The Hall–Kier alpha value is 0.380. The molecule has 0 aliphatic heterocycles. The Morgan fingerprint density at radius 1 is 1.05 bits per heavy atom. The van der Waals surface area contributed by atoms with Crippen LogP contribution in [-0.4, -0.2) is 30.7 Å². The molecule has 0 aromatic heterocycles. The third-order valence-corrected chi connectivity index (χ3v) is 4.79. The van der Waals surface area contributed by atoms with Crippen molar-refractivity contribution < 1.29 is 48.7 Å². The number of carbonyl (C=O) groups is 1. The number of rotatable bonds is 13. The summed E-state index contributed by atoms with van der Waals surface area (Å²) in [6.07, 6.45) is 11.2. The molecule has 7 heteroatoms. The Kier molecular flexibility index (Phi) is 16.7. The van der Waals surface area contributed by atoms with Gasteiger partial charge in [-0.15, -0.1) is 0 Å². The van der Waals surface area contributed by atoms with Crippen LogP contribution in [0.15, 0.2) is 0 Å². The van der Waals surface area contributed by atoms with E-state index in [-0.39, 0.29) is 43.4 Å². The molecule has 5 nitrogen and oxygen atoms in total. The predicted octanol–water partition coefficient (Wildman–Crippen LogP) is 0.416. The van der Waals surface area contributed by atoms with Gasteiger partial charge in [0.2, 0.25) is 5.91 Å². The van der Waals surface area contributed by atoms with Gasteiger partial charge in [0.15, 0.2) is 0 Å². The summed E-state index contributed by atoms with van der Waals surface area (Å²) in [5.41, 5.74) is 0. The van der Waals surface area contributed by atoms with Gasteiger partial charge in [0.1, 0.15) is 5.25 Å². The Labute approximate surface area is 159 Å². The number of unbranched alkanes of at least 4 members (excludes halogenated alkanes) is 8. The van der Waals surface area contributed by atoms with Gasteiger partial charge >= 0.3 is 29.6 Å². The molecule has 2 N–H and O–H groups in total. The molecular formula is C15H32NNaO4S. The van der Waals surface area contributed by atoms with Crippen LogP contribution in [0.2, 0.25) is 0 Å². The summed E-state index contributed by atoms with van der Waals surface area (Å²) < 4.78 is 30.3. The minimum Gasteiger partial charge on any atom is -1.00 e. The van der Waals surface area contributed by atoms with Gasteiger partial charge in [-0.1, -0.05) is 58.3 Å². The zero-order valence-corrected chi connectivity index (χ0v) is 17.3. The standard InChI is InChI=1S/C15H31NO4S.Na.H/c1-3-4-5-6-7-8-9-10-11-12-15(17)16-13-14(2)21(18,19)20;;/h14H,3-13H2,1-2H3,(H,16,17)(H,18,19,20);;/q;+1;-1. The van der Waals surface area contributed by atoms with Crippen molar-refractivity contribution in [3.8, 4) is 0 Å². The van der Waals surface area contributed by atoms with Crippen LogP contribution in [0.4, 0.5) is 0 Å². The second-order valence-electron chi connectivity index (χ2n) is 5.71. The summed E-state index contributed by atoms with van der Waals surface area (Å²) in [6, 6.07) is 0. The Balaban J connectivity index is -0.00000200. The van der Waals surface area contributed by atoms with Crippen molar-refractivity contribution in [2.45, 2.75) is 83.3 Å². The summed E-state index contributed by atoms with van der Waals surface area (Å²) in [4.78, 5) is 11.5. The van der Waals surface area contributed by atoms with Crippen LogP contribution in [-0.2, 0) is 14.9 Å². The van der Waals surface area contributed by atoms with Crippen molar-refractivity contribution in [3.05, 3.63) is 0 Å². The summed E-state index contributed by atoms with van der Waals surface area (Å²) in [5.74, 6) is -0.145. The van der Waals surface area contributed by atoms with E-state index >= 15 is 0 Å². The molecule has 0 aliphatic rings. The minimum atomic E-state index is -4.06. The molecule has 0 aromatic rings. The minimum absolute atomic E-state index is 0. The van der Waals surface area contributed by atoms with E-state index in [1.165, 1.54) is 45.4 Å². The van der Waals surface area contributed by atoms with E-state index in [0.717, 1.165) is 19.3 Å². The Morgan fingerprint density at radius 3 is 1.95 bits per heavy atom. The van der Waals surface area contributed by atoms with Crippen LogP contribution in [0.3, 0.4) is 0 Å². The molecule has 0 aliphatic carbocycles. The zero-order valence-electron chi connectivity index (χ0n) is 15.4. The first kappa shape index (κ1) is 24.6. The molecule has 0 radical (unpaired) electrons. The molecule has 1 amide bonds. The maximum atomic E-state index is 11.5. The van der Waals surface area contributed by atoms with E-state index in [1.54, 1.807) is 0 Å². The molecule has 22 heavy (non-hydrogen) atoms. The molecule has 0 rings (SSSR count). The van der Waals surface area contributed by atoms with Crippen LogP contribution < -0.4 is 34.9 Å². The summed E-state index contributed by atoms with van der Waals surface area (Å²) >= 11 is 0. The molecule has 0 fully saturated rings. The van der Waals surface area contributed by atoms with Crippen molar-refractivity contribution >= 4 is 16.0 Å². The van der Waals surface area contributed by atoms with Gasteiger partial charge in [-0.25, -0.2) is 0 Å². The van der Waals surface area contributed by atoms with Gasteiger partial charge in [0, 0.05) is 13.0 Å². The molecular weight excluding hydrogens is 313 g/mol. The number of nitrogens with one attached hydrogen (secondary N) is 1. The van der Waals surface area contributed by atoms with Crippen molar-refractivity contribution in [1.82, 2.24) is 5.32 Å². The van der Waals surface area contributed by atoms with Crippen molar-refractivity contribution in [1.29, 1.82) is 0 Å². The topological polar surface area (TPSA) is 83.5 Å². The van der Waals surface area contributed by atoms with Gasteiger partial charge in [0.25, 0.3) is 10.1 Å². The number of hydrogen-bond donors (Lipinski definition) is 2. The predicted molar refractivity (Wildman–Crippen MR) is 87.0 cm³/mol. The number of amides is 1. The fourth-order valence-corrected chi connectivity index (χ4v) is 2.34. The quantitative estimate of drug-likeness (QED) is 0.288. The summed E-state index contributed by atoms with van der Waals surface area (Å²) in [7, 11) is -4.06. The van der Waals surface area contributed by atoms with E-state index in [4.69, 9.17) is 4.55 Å². The molecule has 0 heterocycles. The average molecular weight is 345 g/mol. The fourth-order valence-electron chi connectivity index (χ4n) is 2.05. The van der Waals surface area contributed by atoms with Crippen LogP contribution >= 0.6 is 0 Å². The molecule has 0 spiro atoms. The summed E-state index contributed by atoms with van der Waals surface area (Å²) in [5, 5.41) is 1.58. The second-order valence-corrected chi connectivity index (χ2v) is 7.54. The molecule has 0 saturated carbocycles. The fraction of sp³-hybridized carbons (Fsp3) is 0.933. The summed E-state index contributed by atoms with van der Waals surface area (Å²) in [6.45, 7) is 3.55. The van der Waals surface area contributed by atoms with E-state index < -0.39 is 15.4 Å². The van der Waals surface area contributed by atoms with Crippen LogP contribution in [0.25, 0.3) is 0 Å². The van der Waals surface area contributed by atoms with Gasteiger partial charge < -0.3 is 6.74 Å². The average Bonchev–Trinajstić information content (AvgIpc) is 2.41. The Morgan fingerprint density at radius 2 is 1.50 bits per heavy atom. The smallest absolute Gasteiger partial charge is 1.00 e. The van der Waals surface area contributed by atoms with E-state index in [0.29, 0.717) is 6.42 Å². The third-order valence-electron chi connectivity index (χ3n) is 3.60. The van der Waals surface area contributed by atoms with Crippen LogP contribution in [0.5, 0.6) is 0 Å². The largest absolute Gasteiger partial charge is 1.00 e. The van der Waals surface area contributed by atoms with E-state index in [9.17, 15) is 13.2 Å². The molecule has 0 aromatic carbocycles. The molecule has 128 valence electrons. The Bertz CT molecular complexity index is 380. The maximum absolute atomic E-state index is 11.5. The first-order valence-corrected chi connectivity index (χ1v) is 9.61. The first-order chi connectivity index (χ1) is 9.88. The molecule has 0 bridgehead atoms. The van der Waals surface area contributed by atoms with Crippen molar-refractivity contribution in [2.75, 3.05) is 6.54 Å². The number of carbonyl (C=O) groups excluding carboxylic acids is 1. The zero-order chi connectivity index (χ0) is 16.1. The normalized spacial score (nSPS) is 12.5.